The highest BCUT2D eigenvalue weighted by atomic mass is 19.1. The first-order valence-corrected chi connectivity index (χ1v) is 13.8. The molecule has 2 aliphatic heterocycles. The topological polar surface area (TPSA) is 144 Å². The molecule has 2 heterocycles. The minimum Gasteiger partial charge on any atom is -0.489 e. The van der Waals surface area contributed by atoms with Gasteiger partial charge in [-0.2, -0.15) is 0 Å². The summed E-state index contributed by atoms with van der Waals surface area (Å²) in [5.74, 6) is -4.43. The number of hydrogen-bond acceptors (Lipinski definition) is 8. The van der Waals surface area contributed by atoms with Crippen LogP contribution < -0.4 is 20.1 Å². The van der Waals surface area contributed by atoms with Crippen molar-refractivity contribution in [2.75, 3.05) is 11.9 Å². The zero-order chi connectivity index (χ0) is 32.5. The lowest BCUT2D eigenvalue weighted by atomic mass is 10.0. The average molecular weight is 628 g/mol. The molecule has 0 saturated carbocycles. The minimum absolute atomic E-state index is 0.0451. The van der Waals surface area contributed by atoms with Crippen LogP contribution in [0.3, 0.4) is 0 Å². The van der Waals surface area contributed by atoms with Crippen molar-refractivity contribution in [2.45, 2.75) is 51.5 Å². The Morgan fingerprint density at radius 2 is 1.78 bits per heavy atom. The number of carbonyl (C=O) groups excluding carboxylic acids is 4. The SMILES string of the molecule is CC(C)(O)COc1c(COC(=O)Nc2ccc(Oc3cc(F)cc(F)c3)cc2F)ccc2c1C(=O)N(C1CCC(=O)NC1=O)C2. The molecule has 1 saturated heterocycles. The van der Waals surface area contributed by atoms with Gasteiger partial charge in [0.1, 0.15) is 48.1 Å². The summed E-state index contributed by atoms with van der Waals surface area (Å²) in [5, 5.41) is 14.7. The highest BCUT2D eigenvalue weighted by Crippen LogP contribution is 2.37. The highest BCUT2D eigenvalue weighted by molar-refractivity contribution is 6.06. The molecule has 1 unspecified atom stereocenters. The molecule has 3 aromatic carbocycles. The molecule has 5 rings (SSSR count). The fourth-order valence-corrected chi connectivity index (χ4v) is 4.86. The standard InChI is InChI=1S/C31H28F3N3O8/c1-31(2,42)15-44-27-17(4-3-16-13-37(29(40)26(16)27)24-7-8-25(38)36-28(24)39)14-43-30(41)35-23-6-5-20(12-22(23)34)45-21-10-18(32)9-19(33)11-21/h3-6,9-12,24,42H,7-8,13-15H2,1-2H3,(H,35,41)(H,36,38,39). The van der Waals surface area contributed by atoms with Crippen molar-refractivity contribution in [1.82, 2.24) is 10.2 Å². The van der Waals surface area contributed by atoms with Gasteiger partial charge in [-0.15, -0.1) is 0 Å². The predicted molar refractivity (Wildman–Crippen MR) is 151 cm³/mol. The van der Waals surface area contributed by atoms with Crippen molar-refractivity contribution in [3.05, 3.63) is 82.7 Å². The summed E-state index contributed by atoms with van der Waals surface area (Å²) in [6, 6.07) is 8.15. The lowest BCUT2D eigenvalue weighted by Gasteiger charge is -2.29. The molecule has 0 bridgehead atoms. The van der Waals surface area contributed by atoms with Crippen LogP contribution in [0.2, 0.25) is 0 Å². The third kappa shape index (κ3) is 7.34. The van der Waals surface area contributed by atoms with E-state index in [1.54, 1.807) is 12.1 Å². The van der Waals surface area contributed by atoms with Crippen LogP contribution in [0.25, 0.3) is 0 Å². The third-order valence-corrected chi connectivity index (χ3v) is 6.90. The van der Waals surface area contributed by atoms with Gasteiger partial charge in [0.05, 0.1) is 16.9 Å². The number of halogens is 3. The second-order valence-corrected chi connectivity index (χ2v) is 11.1. The van der Waals surface area contributed by atoms with Gasteiger partial charge >= 0.3 is 6.09 Å². The van der Waals surface area contributed by atoms with Crippen molar-refractivity contribution in [1.29, 1.82) is 0 Å². The Hall–Kier alpha value is -5.11. The Morgan fingerprint density at radius 1 is 1.04 bits per heavy atom. The van der Waals surface area contributed by atoms with Gasteiger partial charge in [0, 0.05) is 42.8 Å². The molecular formula is C31H28F3N3O8. The Bertz CT molecular complexity index is 1670. The van der Waals surface area contributed by atoms with Gasteiger partial charge in [-0.25, -0.2) is 18.0 Å². The van der Waals surface area contributed by atoms with E-state index in [0.29, 0.717) is 11.6 Å². The summed E-state index contributed by atoms with van der Waals surface area (Å²) in [5.41, 5.74) is -0.642. The van der Waals surface area contributed by atoms with Crippen LogP contribution in [-0.2, 0) is 27.5 Å². The van der Waals surface area contributed by atoms with Crippen molar-refractivity contribution in [3.63, 3.8) is 0 Å². The van der Waals surface area contributed by atoms with E-state index in [4.69, 9.17) is 14.2 Å². The maximum absolute atomic E-state index is 14.7. The van der Waals surface area contributed by atoms with Crippen molar-refractivity contribution in [3.8, 4) is 17.2 Å². The van der Waals surface area contributed by atoms with E-state index in [2.05, 4.69) is 10.6 Å². The normalized spacial score (nSPS) is 16.3. The summed E-state index contributed by atoms with van der Waals surface area (Å²) in [7, 11) is 0. The van der Waals surface area contributed by atoms with E-state index in [0.717, 1.165) is 24.3 Å². The number of nitrogens with zero attached hydrogens (tertiary/aromatic N) is 1. The zero-order valence-corrected chi connectivity index (χ0v) is 24.1. The van der Waals surface area contributed by atoms with Crippen LogP contribution in [0.1, 0.15) is 48.2 Å². The lowest BCUT2D eigenvalue weighted by Crippen LogP contribution is -2.52. The van der Waals surface area contributed by atoms with Crippen molar-refractivity contribution < 1.29 is 51.7 Å². The molecule has 1 atom stereocenters. The van der Waals surface area contributed by atoms with Crippen molar-refractivity contribution in [2.24, 2.45) is 0 Å². The first-order valence-electron chi connectivity index (χ1n) is 13.8. The van der Waals surface area contributed by atoms with E-state index in [9.17, 15) is 37.5 Å². The number of imide groups is 1. The molecule has 0 spiro atoms. The maximum atomic E-state index is 14.7. The molecule has 2 aliphatic rings. The van der Waals surface area contributed by atoms with Gasteiger partial charge in [0.2, 0.25) is 11.8 Å². The summed E-state index contributed by atoms with van der Waals surface area (Å²) in [6.07, 6.45) is -0.816. The van der Waals surface area contributed by atoms with Crippen LogP contribution in [0.5, 0.6) is 17.2 Å². The van der Waals surface area contributed by atoms with Crippen LogP contribution >= 0.6 is 0 Å². The molecule has 0 radical (unpaired) electrons. The second kappa shape index (κ2) is 12.5. The predicted octanol–water partition coefficient (Wildman–Crippen LogP) is 4.56. The Kier molecular flexibility index (Phi) is 8.68. The van der Waals surface area contributed by atoms with E-state index in [-0.39, 0.29) is 60.1 Å². The molecular weight excluding hydrogens is 599 g/mol. The quantitative estimate of drug-likeness (QED) is 0.293. The average Bonchev–Trinajstić information content (AvgIpc) is 3.27. The van der Waals surface area contributed by atoms with E-state index >= 15 is 0 Å². The van der Waals surface area contributed by atoms with Crippen LogP contribution in [0.4, 0.5) is 23.7 Å². The molecule has 0 aliphatic carbocycles. The molecule has 45 heavy (non-hydrogen) atoms. The van der Waals surface area contributed by atoms with Gasteiger partial charge in [-0.1, -0.05) is 12.1 Å². The smallest absolute Gasteiger partial charge is 0.412 e. The molecule has 3 N–H and O–H groups in total. The summed E-state index contributed by atoms with van der Waals surface area (Å²) in [4.78, 5) is 51.5. The van der Waals surface area contributed by atoms with Gasteiger partial charge in [-0.3, -0.25) is 25.0 Å². The number of ether oxygens (including phenoxy) is 3. The summed E-state index contributed by atoms with van der Waals surface area (Å²) in [6.45, 7) is 2.43. The Balaban J connectivity index is 1.29. The molecule has 236 valence electrons. The molecule has 1 fully saturated rings. The molecule has 3 aromatic rings. The fraction of sp³-hybridized carbons (Fsp3) is 0.290. The third-order valence-electron chi connectivity index (χ3n) is 6.90. The molecule has 4 amide bonds. The number of anilines is 1. The first kappa shape index (κ1) is 31.3. The van der Waals surface area contributed by atoms with Crippen LogP contribution in [0, 0.1) is 17.5 Å². The zero-order valence-electron chi connectivity index (χ0n) is 24.1. The number of aliphatic hydroxyl groups is 1. The molecule has 14 heteroatoms. The minimum atomic E-state index is -1.29. The van der Waals surface area contributed by atoms with Gasteiger partial charge in [-0.05, 0) is 38.0 Å². The van der Waals surface area contributed by atoms with E-state index in [1.807, 2.05) is 0 Å². The van der Waals surface area contributed by atoms with Gasteiger partial charge in [0.15, 0.2) is 5.82 Å². The monoisotopic (exact) mass is 627 g/mol. The number of benzene rings is 3. The van der Waals surface area contributed by atoms with Gasteiger partial charge in [0.25, 0.3) is 5.91 Å². The second-order valence-electron chi connectivity index (χ2n) is 11.1. The number of piperidine rings is 1. The first-order chi connectivity index (χ1) is 21.3. The van der Waals surface area contributed by atoms with Gasteiger partial charge < -0.3 is 24.2 Å². The summed E-state index contributed by atoms with van der Waals surface area (Å²) >= 11 is 0. The van der Waals surface area contributed by atoms with E-state index in [1.165, 1.54) is 24.8 Å². The number of amides is 4. The number of nitrogens with one attached hydrogen (secondary N) is 2. The lowest BCUT2D eigenvalue weighted by molar-refractivity contribution is -0.136. The van der Waals surface area contributed by atoms with Crippen LogP contribution in [-0.4, -0.2) is 52.1 Å². The number of hydrogen-bond donors (Lipinski definition) is 3. The summed E-state index contributed by atoms with van der Waals surface area (Å²) < 4.78 is 58.0. The largest absolute Gasteiger partial charge is 0.489 e. The molecule has 0 aromatic heterocycles. The van der Waals surface area contributed by atoms with Crippen molar-refractivity contribution >= 4 is 29.5 Å². The number of rotatable bonds is 9. The number of carbonyl (C=O) groups is 4. The maximum Gasteiger partial charge on any atom is 0.412 e. The Labute approximate surface area is 254 Å². The highest BCUT2D eigenvalue weighted by Gasteiger charge is 2.41. The fourth-order valence-electron chi connectivity index (χ4n) is 4.86. The Morgan fingerprint density at radius 3 is 2.44 bits per heavy atom. The number of fused-ring (bicyclic) bond motifs is 1. The molecule has 11 nitrogen and oxygen atoms in total. The van der Waals surface area contributed by atoms with Crippen LogP contribution in [0.15, 0.2) is 48.5 Å². The van der Waals surface area contributed by atoms with E-state index < -0.39 is 59.5 Å².